The molecule has 3 atom stereocenters. The lowest BCUT2D eigenvalue weighted by molar-refractivity contribution is -0.133. The van der Waals surface area contributed by atoms with Crippen LogP contribution < -0.4 is 11.1 Å². The van der Waals surface area contributed by atoms with E-state index in [1.165, 1.54) is 0 Å². The Hall–Kier alpha value is -0.400. The van der Waals surface area contributed by atoms with Gasteiger partial charge in [-0.1, -0.05) is 6.92 Å². The summed E-state index contributed by atoms with van der Waals surface area (Å²) in [4.78, 5) is 16.9. The van der Waals surface area contributed by atoms with Crippen molar-refractivity contribution in [2.24, 2.45) is 5.73 Å². The second-order valence-electron chi connectivity index (χ2n) is 5.53. The van der Waals surface area contributed by atoms with E-state index in [4.69, 9.17) is 10.5 Å². The van der Waals surface area contributed by atoms with Gasteiger partial charge >= 0.3 is 0 Å². The number of amides is 1. The second-order valence-corrected chi connectivity index (χ2v) is 6.39. The van der Waals surface area contributed by atoms with Crippen LogP contribution in [0.25, 0.3) is 0 Å². The summed E-state index contributed by atoms with van der Waals surface area (Å²) in [6.45, 7) is 6.50. The number of carbonyl (C=O) groups is 1. The number of ether oxygens (including phenoxy) is 1. The number of halogens is 2. The predicted octanol–water partition coefficient (Wildman–Crippen LogP) is 2.54. The fourth-order valence-corrected chi connectivity index (χ4v) is 3.31. The molecule has 3 N–H and O–H groups in total. The summed E-state index contributed by atoms with van der Waals surface area (Å²) in [5, 5.41) is 6.05. The molecule has 22 heavy (non-hydrogen) atoms. The minimum atomic E-state index is -0.430. The Labute approximate surface area is 148 Å². The van der Waals surface area contributed by atoms with Crippen molar-refractivity contribution in [3.05, 3.63) is 16.1 Å². The van der Waals surface area contributed by atoms with E-state index >= 15 is 0 Å². The first-order chi connectivity index (χ1) is 9.48. The Balaban J connectivity index is 0.00000220. The molecule has 1 amide bonds. The van der Waals surface area contributed by atoms with Crippen molar-refractivity contribution >= 4 is 42.1 Å². The van der Waals surface area contributed by atoms with E-state index < -0.39 is 5.54 Å². The van der Waals surface area contributed by atoms with E-state index in [0.717, 1.165) is 30.0 Å². The Kier molecular flexibility index (Phi) is 8.87. The number of nitrogens with one attached hydrogen (secondary N) is 1. The molecule has 0 aromatic carbocycles. The van der Waals surface area contributed by atoms with Crippen molar-refractivity contribution in [1.29, 1.82) is 0 Å². The third-order valence-corrected chi connectivity index (χ3v) is 5.08. The Morgan fingerprint density at radius 2 is 2.23 bits per heavy atom. The van der Waals surface area contributed by atoms with Crippen molar-refractivity contribution in [1.82, 2.24) is 10.3 Å². The summed E-state index contributed by atoms with van der Waals surface area (Å²) < 4.78 is 5.65. The first-order valence-corrected chi connectivity index (χ1v) is 7.96. The fourth-order valence-electron chi connectivity index (χ4n) is 2.32. The lowest BCUT2D eigenvalue weighted by atomic mass is 9.99. The zero-order chi connectivity index (χ0) is 14.8. The molecule has 1 aromatic rings. The third kappa shape index (κ3) is 4.80. The lowest BCUT2D eigenvalue weighted by Crippen LogP contribution is -2.47. The standard InChI is InChI=1S/C14H23N3O2S.2ClH/c1-4-14(3,13-16-9(2)8-20-13)17-12(18)11-6-5-10(7-15)19-11;;/h8,10-11H,4-7,15H2,1-3H3,(H,17,18);2*1H/t10-,11+,14?;;/m1../s1. The van der Waals surface area contributed by atoms with Gasteiger partial charge in [0.25, 0.3) is 0 Å². The lowest BCUT2D eigenvalue weighted by Gasteiger charge is -2.28. The number of rotatable bonds is 5. The van der Waals surface area contributed by atoms with Crippen LogP contribution in [0.1, 0.15) is 43.8 Å². The highest BCUT2D eigenvalue weighted by atomic mass is 35.5. The van der Waals surface area contributed by atoms with Crippen LogP contribution in [-0.2, 0) is 15.1 Å². The number of carbonyl (C=O) groups excluding carboxylic acids is 1. The maximum atomic E-state index is 12.4. The van der Waals surface area contributed by atoms with Crippen LogP contribution in [0.2, 0.25) is 0 Å². The van der Waals surface area contributed by atoms with Gasteiger partial charge in [0.05, 0.1) is 11.6 Å². The number of aromatic nitrogens is 1. The van der Waals surface area contributed by atoms with E-state index in [9.17, 15) is 4.79 Å². The molecular formula is C14H25Cl2N3O2S. The van der Waals surface area contributed by atoms with Crippen LogP contribution in [0.5, 0.6) is 0 Å². The van der Waals surface area contributed by atoms with Gasteiger partial charge < -0.3 is 15.8 Å². The average molecular weight is 370 g/mol. The maximum Gasteiger partial charge on any atom is 0.249 e. The summed E-state index contributed by atoms with van der Waals surface area (Å²) in [6.07, 6.45) is 2.02. The molecule has 0 spiro atoms. The molecular weight excluding hydrogens is 345 g/mol. The van der Waals surface area contributed by atoms with Crippen LogP contribution in [0, 0.1) is 6.92 Å². The van der Waals surface area contributed by atoms with Gasteiger partial charge in [0.1, 0.15) is 11.1 Å². The molecule has 1 aliphatic heterocycles. The predicted molar refractivity (Wildman–Crippen MR) is 94.1 cm³/mol. The monoisotopic (exact) mass is 369 g/mol. The number of thiazole rings is 1. The molecule has 128 valence electrons. The maximum absolute atomic E-state index is 12.4. The van der Waals surface area contributed by atoms with Crippen molar-refractivity contribution in [2.75, 3.05) is 6.54 Å². The van der Waals surface area contributed by atoms with E-state index in [-0.39, 0.29) is 42.9 Å². The first-order valence-electron chi connectivity index (χ1n) is 7.08. The van der Waals surface area contributed by atoms with Gasteiger partial charge in [-0.05, 0) is 33.1 Å². The van der Waals surface area contributed by atoms with Gasteiger partial charge in [0, 0.05) is 17.6 Å². The number of nitrogens with zero attached hydrogens (tertiary/aromatic N) is 1. The Bertz CT molecular complexity index is 486. The summed E-state index contributed by atoms with van der Waals surface area (Å²) in [7, 11) is 0. The van der Waals surface area contributed by atoms with Gasteiger partial charge in [-0.25, -0.2) is 4.98 Å². The highest BCUT2D eigenvalue weighted by Gasteiger charge is 2.35. The normalized spacial score (nSPS) is 23.1. The van der Waals surface area contributed by atoms with Gasteiger partial charge in [-0.3, -0.25) is 4.79 Å². The second kappa shape index (κ2) is 9.03. The van der Waals surface area contributed by atoms with Crippen LogP contribution in [-0.4, -0.2) is 29.6 Å². The SMILES string of the molecule is CCC(C)(NC(=O)[C@@H]1CC[C@H](CN)O1)c1nc(C)cs1.Cl.Cl. The fraction of sp³-hybridized carbons (Fsp3) is 0.714. The number of nitrogens with two attached hydrogens (primary N) is 1. The molecule has 8 heteroatoms. The molecule has 0 bridgehead atoms. The number of aryl methyl sites for hydroxylation is 1. The van der Waals surface area contributed by atoms with Crippen LogP contribution in [0.3, 0.4) is 0 Å². The van der Waals surface area contributed by atoms with Crippen molar-refractivity contribution in [3.63, 3.8) is 0 Å². The third-order valence-electron chi connectivity index (χ3n) is 3.86. The summed E-state index contributed by atoms with van der Waals surface area (Å²) in [6, 6.07) is 0. The minimum absolute atomic E-state index is 0. The smallest absolute Gasteiger partial charge is 0.249 e. The molecule has 1 saturated heterocycles. The Morgan fingerprint density at radius 3 is 2.68 bits per heavy atom. The molecule has 2 heterocycles. The van der Waals surface area contributed by atoms with E-state index in [2.05, 4.69) is 17.2 Å². The molecule has 1 fully saturated rings. The number of hydrogen-bond acceptors (Lipinski definition) is 5. The largest absolute Gasteiger partial charge is 0.364 e. The minimum Gasteiger partial charge on any atom is -0.364 e. The zero-order valence-corrected chi connectivity index (χ0v) is 15.6. The highest BCUT2D eigenvalue weighted by Crippen LogP contribution is 2.28. The molecule has 0 aliphatic carbocycles. The van der Waals surface area contributed by atoms with Gasteiger partial charge in [-0.15, -0.1) is 36.2 Å². The summed E-state index contributed by atoms with van der Waals surface area (Å²) in [5.41, 5.74) is 6.13. The first kappa shape index (κ1) is 21.6. The highest BCUT2D eigenvalue weighted by molar-refractivity contribution is 7.09. The topological polar surface area (TPSA) is 77.2 Å². The van der Waals surface area contributed by atoms with Gasteiger partial charge in [-0.2, -0.15) is 0 Å². The van der Waals surface area contributed by atoms with Crippen LogP contribution in [0.4, 0.5) is 0 Å². The molecule has 0 radical (unpaired) electrons. The number of hydrogen-bond donors (Lipinski definition) is 2. The van der Waals surface area contributed by atoms with Crippen LogP contribution in [0.15, 0.2) is 5.38 Å². The van der Waals surface area contributed by atoms with Crippen molar-refractivity contribution in [3.8, 4) is 0 Å². The quantitative estimate of drug-likeness (QED) is 0.835. The van der Waals surface area contributed by atoms with Crippen molar-refractivity contribution in [2.45, 2.75) is 57.8 Å². The molecule has 1 aliphatic rings. The zero-order valence-electron chi connectivity index (χ0n) is 13.1. The molecule has 0 saturated carbocycles. The average Bonchev–Trinajstić information content (AvgIpc) is 3.07. The molecule has 1 aromatic heterocycles. The van der Waals surface area contributed by atoms with E-state index in [1.807, 2.05) is 19.2 Å². The van der Waals surface area contributed by atoms with Gasteiger partial charge in [0.15, 0.2) is 0 Å². The van der Waals surface area contributed by atoms with E-state index in [1.54, 1.807) is 11.3 Å². The molecule has 5 nitrogen and oxygen atoms in total. The van der Waals surface area contributed by atoms with E-state index in [0.29, 0.717) is 6.54 Å². The molecule has 1 unspecified atom stereocenters. The van der Waals surface area contributed by atoms with Crippen LogP contribution >= 0.6 is 36.2 Å². The Morgan fingerprint density at radius 1 is 1.55 bits per heavy atom. The van der Waals surface area contributed by atoms with Crippen molar-refractivity contribution < 1.29 is 9.53 Å². The summed E-state index contributed by atoms with van der Waals surface area (Å²) in [5.74, 6) is -0.0573. The molecule has 2 rings (SSSR count). The summed E-state index contributed by atoms with van der Waals surface area (Å²) >= 11 is 1.58. The van der Waals surface area contributed by atoms with Gasteiger partial charge in [0.2, 0.25) is 5.91 Å².